The number of rotatable bonds is 8. The van der Waals surface area contributed by atoms with Gasteiger partial charge >= 0.3 is 0 Å². The van der Waals surface area contributed by atoms with Gasteiger partial charge in [-0.1, -0.05) is 164 Å². The zero-order chi connectivity index (χ0) is 27.1. The average molecular weight is 513 g/mol. The molecule has 0 saturated carbocycles. The standard InChI is InChI=1S/C40H32/c1-30(37-16-8-10-18-39(37)35-24-20-33(21-25-35)28-31-12-4-2-5-13-31)38-17-9-11-19-40(38)36-26-22-34(23-27-36)29-32-14-6-3-7-15-32/h2-27H,1,28-29H2. The van der Waals surface area contributed by atoms with Gasteiger partial charge in [-0.3, -0.25) is 0 Å². The van der Waals surface area contributed by atoms with Crippen molar-refractivity contribution in [2.45, 2.75) is 12.8 Å². The predicted molar refractivity (Wildman–Crippen MR) is 170 cm³/mol. The molecule has 0 heterocycles. The largest absolute Gasteiger partial charge is 0.0905 e. The molecule has 0 spiro atoms. The van der Waals surface area contributed by atoms with Crippen molar-refractivity contribution in [3.63, 3.8) is 0 Å². The molecule has 0 nitrogen and oxygen atoms in total. The highest BCUT2D eigenvalue weighted by molar-refractivity contribution is 5.93. The monoisotopic (exact) mass is 512 g/mol. The van der Waals surface area contributed by atoms with Gasteiger partial charge in [0.05, 0.1) is 0 Å². The summed E-state index contributed by atoms with van der Waals surface area (Å²) in [6.45, 7) is 4.61. The molecule has 0 heteroatoms. The molecule has 0 amide bonds. The molecule has 0 aliphatic heterocycles. The summed E-state index contributed by atoms with van der Waals surface area (Å²) < 4.78 is 0. The van der Waals surface area contributed by atoms with E-state index in [-0.39, 0.29) is 0 Å². The van der Waals surface area contributed by atoms with Gasteiger partial charge in [-0.05, 0) is 74.0 Å². The second-order valence-electron chi connectivity index (χ2n) is 10.3. The first kappa shape index (κ1) is 25.3. The van der Waals surface area contributed by atoms with E-state index in [1.807, 2.05) is 0 Å². The third-order valence-corrected chi connectivity index (χ3v) is 7.54. The van der Waals surface area contributed by atoms with Gasteiger partial charge in [0.25, 0.3) is 0 Å². The van der Waals surface area contributed by atoms with Gasteiger partial charge in [0.1, 0.15) is 0 Å². The molecule has 0 N–H and O–H groups in total. The van der Waals surface area contributed by atoms with Gasteiger partial charge in [-0.25, -0.2) is 0 Å². The van der Waals surface area contributed by atoms with Crippen molar-refractivity contribution in [3.8, 4) is 22.3 Å². The molecule has 0 bridgehead atoms. The molecule has 6 aromatic rings. The molecule has 0 radical (unpaired) electrons. The number of benzene rings is 6. The average Bonchev–Trinajstić information content (AvgIpc) is 3.03. The maximum absolute atomic E-state index is 4.61. The second-order valence-corrected chi connectivity index (χ2v) is 10.3. The zero-order valence-corrected chi connectivity index (χ0v) is 22.6. The van der Waals surface area contributed by atoms with Gasteiger partial charge in [-0.15, -0.1) is 0 Å². The summed E-state index contributed by atoms with van der Waals surface area (Å²) in [5.74, 6) is 0. The van der Waals surface area contributed by atoms with Crippen LogP contribution in [0.15, 0.2) is 164 Å². The second kappa shape index (κ2) is 11.8. The summed E-state index contributed by atoms with van der Waals surface area (Å²) in [5.41, 5.74) is 13.4. The Kier molecular flexibility index (Phi) is 7.51. The lowest BCUT2D eigenvalue weighted by atomic mass is 9.87. The molecular weight excluding hydrogens is 480 g/mol. The lowest BCUT2D eigenvalue weighted by molar-refractivity contribution is 1.19. The molecule has 0 aliphatic carbocycles. The van der Waals surface area contributed by atoms with Crippen LogP contribution in [-0.2, 0) is 12.8 Å². The normalized spacial score (nSPS) is 10.8. The summed E-state index contributed by atoms with van der Waals surface area (Å²) >= 11 is 0. The highest BCUT2D eigenvalue weighted by atomic mass is 14.2. The van der Waals surface area contributed by atoms with Gasteiger partial charge in [-0.2, -0.15) is 0 Å². The Bertz CT molecular complexity index is 1580. The maximum Gasteiger partial charge on any atom is -0.00258 e. The minimum atomic E-state index is 0.937. The Hall–Kier alpha value is -4.94. The van der Waals surface area contributed by atoms with E-state index in [4.69, 9.17) is 0 Å². The van der Waals surface area contributed by atoms with E-state index in [0.717, 1.165) is 29.5 Å². The van der Waals surface area contributed by atoms with Crippen LogP contribution in [0.1, 0.15) is 33.4 Å². The Balaban J connectivity index is 1.27. The fraction of sp³-hybridized carbons (Fsp3) is 0.0500. The van der Waals surface area contributed by atoms with Crippen LogP contribution in [0, 0.1) is 0 Å². The first-order valence-corrected chi connectivity index (χ1v) is 13.9. The van der Waals surface area contributed by atoms with Crippen LogP contribution in [0.2, 0.25) is 0 Å². The first-order chi connectivity index (χ1) is 19.7. The third-order valence-electron chi connectivity index (χ3n) is 7.54. The highest BCUT2D eigenvalue weighted by Crippen LogP contribution is 2.36. The predicted octanol–water partition coefficient (Wildman–Crippen LogP) is 10.3. The smallest absolute Gasteiger partial charge is 0.00258 e. The molecule has 40 heavy (non-hydrogen) atoms. The topological polar surface area (TPSA) is 0 Å². The van der Waals surface area contributed by atoms with Crippen LogP contribution in [0.5, 0.6) is 0 Å². The zero-order valence-electron chi connectivity index (χ0n) is 22.6. The summed E-state index contributed by atoms with van der Waals surface area (Å²) in [6.07, 6.45) is 1.87. The lowest BCUT2D eigenvalue weighted by Crippen LogP contribution is -1.95. The van der Waals surface area contributed by atoms with Gasteiger partial charge in [0.2, 0.25) is 0 Å². The van der Waals surface area contributed by atoms with E-state index in [9.17, 15) is 0 Å². The van der Waals surface area contributed by atoms with E-state index >= 15 is 0 Å². The van der Waals surface area contributed by atoms with Crippen molar-refractivity contribution in [2.75, 3.05) is 0 Å². The molecule has 6 rings (SSSR count). The van der Waals surface area contributed by atoms with Crippen molar-refractivity contribution in [1.82, 2.24) is 0 Å². The summed E-state index contributed by atoms with van der Waals surface area (Å²) in [6, 6.07) is 56.4. The number of hydrogen-bond donors (Lipinski definition) is 0. The maximum atomic E-state index is 4.61. The van der Waals surface area contributed by atoms with Crippen LogP contribution in [0.3, 0.4) is 0 Å². The lowest BCUT2D eigenvalue weighted by Gasteiger charge is -2.17. The van der Waals surface area contributed by atoms with Crippen LogP contribution < -0.4 is 0 Å². The number of hydrogen-bond acceptors (Lipinski definition) is 0. The van der Waals surface area contributed by atoms with Crippen molar-refractivity contribution in [1.29, 1.82) is 0 Å². The molecule has 0 unspecified atom stereocenters. The van der Waals surface area contributed by atoms with E-state index in [0.29, 0.717) is 0 Å². The van der Waals surface area contributed by atoms with Crippen LogP contribution in [0.25, 0.3) is 27.8 Å². The van der Waals surface area contributed by atoms with E-state index in [2.05, 4.69) is 164 Å². The molecule has 0 saturated heterocycles. The van der Waals surface area contributed by atoms with Crippen molar-refractivity contribution in [2.24, 2.45) is 0 Å². The van der Waals surface area contributed by atoms with Gasteiger partial charge in [0.15, 0.2) is 0 Å². The molecule has 0 aliphatic rings. The molecule has 192 valence electrons. The van der Waals surface area contributed by atoms with Gasteiger partial charge < -0.3 is 0 Å². The van der Waals surface area contributed by atoms with Crippen molar-refractivity contribution < 1.29 is 0 Å². The molecule has 0 aromatic heterocycles. The Labute approximate surface area is 237 Å². The fourth-order valence-corrected chi connectivity index (χ4v) is 5.41. The Morgan fingerprint density at radius 1 is 0.350 bits per heavy atom. The van der Waals surface area contributed by atoms with Gasteiger partial charge in [0, 0.05) is 0 Å². The third kappa shape index (κ3) is 5.72. The van der Waals surface area contributed by atoms with Crippen molar-refractivity contribution in [3.05, 3.63) is 198 Å². The Morgan fingerprint density at radius 2 is 0.675 bits per heavy atom. The molecule has 0 atom stereocenters. The van der Waals surface area contributed by atoms with Crippen LogP contribution in [0.4, 0.5) is 0 Å². The molecule has 6 aromatic carbocycles. The van der Waals surface area contributed by atoms with Crippen LogP contribution in [-0.4, -0.2) is 0 Å². The quantitative estimate of drug-likeness (QED) is 0.190. The highest BCUT2D eigenvalue weighted by Gasteiger charge is 2.14. The summed E-state index contributed by atoms with van der Waals surface area (Å²) in [7, 11) is 0. The summed E-state index contributed by atoms with van der Waals surface area (Å²) in [4.78, 5) is 0. The van der Waals surface area contributed by atoms with E-state index in [1.165, 1.54) is 44.5 Å². The fourth-order valence-electron chi connectivity index (χ4n) is 5.41. The van der Waals surface area contributed by atoms with E-state index < -0.39 is 0 Å². The minimum absolute atomic E-state index is 0.937. The SMILES string of the molecule is C=C(c1ccccc1-c1ccc(Cc2ccccc2)cc1)c1ccccc1-c1ccc(Cc2ccccc2)cc1. The van der Waals surface area contributed by atoms with Crippen LogP contribution >= 0.6 is 0 Å². The first-order valence-electron chi connectivity index (χ1n) is 13.9. The summed E-state index contributed by atoms with van der Waals surface area (Å²) in [5, 5.41) is 0. The Morgan fingerprint density at radius 3 is 1.07 bits per heavy atom. The van der Waals surface area contributed by atoms with Crippen molar-refractivity contribution >= 4 is 5.57 Å². The minimum Gasteiger partial charge on any atom is -0.0905 e. The molecular formula is C40H32. The molecule has 0 fully saturated rings. The van der Waals surface area contributed by atoms with E-state index in [1.54, 1.807) is 0 Å².